The van der Waals surface area contributed by atoms with Crippen molar-refractivity contribution in [3.8, 4) is 0 Å². The third-order valence-electron chi connectivity index (χ3n) is 3.95. The first-order chi connectivity index (χ1) is 13.1. The maximum atomic E-state index is 12.2. The Morgan fingerprint density at radius 3 is 2.31 bits per heavy atom. The van der Waals surface area contributed by atoms with E-state index in [9.17, 15) is 22.8 Å². The fraction of sp³-hybridized carbons (Fsp3) is 0.500. The Balaban J connectivity index is 0.00000784. The number of carbonyl (C=O) groups excluding carboxylic acids is 3. The number of ether oxygens (including phenoxy) is 2. The number of methoxy groups -OCH3 is 1. The smallest absolute Gasteiger partial charge is 0.339 e. The molecular formula is C18H26FNO8S. The van der Waals surface area contributed by atoms with Crippen LogP contribution in [0.25, 0.3) is 0 Å². The number of carbonyl (C=O) groups is 3. The molecule has 1 rings (SSSR count). The van der Waals surface area contributed by atoms with Gasteiger partial charge >= 0.3 is 5.97 Å². The van der Waals surface area contributed by atoms with E-state index in [4.69, 9.17) is 14.0 Å². The number of hydrogen-bond donors (Lipinski definition) is 2. The number of esters is 1. The maximum absolute atomic E-state index is 12.2. The number of Topliss-reactive ketones (excluding diaryl/α,β-unsaturated/α-hetero) is 1. The normalized spacial score (nSPS) is 12.9. The molecule has 0 bridgehead atoms. The highest BCUT2D eigenvalue weighted by atomic mass is 32.2. The molecule has 1 aromatic carbocycles. The molecule has 0 radical (unpaired) electrons. The zero-order valence-electron chi connectivity index (χ0n) is 16.2. The lowest BCUT2D eigenvalue weighted by Gasteiger charge is -2.17. The molecule has 0 aliphatic carbocycles. The lowest BCUT2D eigenvalue weighted by Crippen LogP contribution is -2.32. The van der Waals surface area contributed by atoms with Crippen molar-refractivity contribution < 1.29 is 41.5 Å². The van der Waals surface area contributed by atoms with Crippen molar-refractivity contribution in [2.45, 2.75) is 25.9 Å². The first kappa shape index (κ1) is 26.6. The summed E-state index contributed by atoms with van der Waals surface area (Å²) in [6.45, 7) is 0.984. The number of benzene rings is 1. The van der Waals surface area contributed by atoms with E-state index in [1.807, 2.05) is 0 Å². The summed E-state index contributed by atoms with van der Waals surface area (Å²) in [4.78, 5) is 35.7. The summed E-state index contributed by atoms with van der Waals surface area (Å²) in [5.41, 5.74) is 0.635. The van der Waals surface area contributed by atoms with Crippen molar-refractivity contribution in [3.63, 3.8) is 0 Å². The van der Waals surface area contributed by atoms with E-state index in [-0.39, 0.29) is 36.5 Å². The zero-order valence-corrected chi connectivity index (χ0v) is 17.0. The summed E-state index contributed by atoms with van der Waals surface area (Å²) in [6.07, 6.45) is -0.927. The number of halogens is 1. The molecule has 9 nitrogen and oxygen atoms in total. The third kappa shape index (κ3) is 10.7. The molecule has 0 heterocycles. The second-order valence-corrected chi connectivity index (χ2v) is 7.70. The molecule has 1 aromatic rings. The molecule has 0 aliphatic heterocycles. The molecule has 0 aromatic heterocycles. The second kappa shape index (κ2) is 13.0. The molecule has 0 fully saturated rings. The van der Waals surface area contributed by atoms with Crippen LogP contribution < -0.4 is 5.32 Å². The molecule has 0 saturated carbocycles. The predicted octanol–water partition coefficient (Wildman–Crippen LogP) is 1.06. The minimum absolute atomic E-state index is 0. The fourth-order valence-corrected chi connectivity index (χ4v) is 2.80. The molecule has 11 heteroatoms. The van der Waals surface area contributed by atoms with E-state index >= 15 is 0 Å². The highest BCUT2D eigenvalue weighted by Crippen LogP contribution is 2.18. The zero-order chi connectivity index (χ0) is 21.2. The summed E-state index contributed by atoms with van der Waals surface area (Å²) >= 11 is 0. The van der Waals surface area contributed by atoms with Gasteiger partial charge in [-0.2, -0.15) is 8.42 Å². The van der Waals surface area contributed by atoms with Gasteiger partial charge < -0.3 is 14.8 Å². The number of nitrogens with one attached hydrogen (secondary N) is 1. The highest BCUT2D eigenvalue weighted by molar-refractivity contribution is 7.85. The van der Waals surface area contributed by atoms with Crippen molar-refractivity contribution in [3.05, 3.63) is 35.9 Å². The summed E-state index contributed by atoms with van der Waals surface area (Å²) in [6, 6.07) is 8.79. The van der Waals surface area contributed by atoms with E-state index in [2.05, 4.69) is 5.32 Å². The van der Waals surface area contributed by atoms with Gasteiger partial charge in [0.25, 0.3) is 10.1 Å². The predicted molar refractivity (Wildman–Crippen MR) is 102 cm³/mol. The van der Waals surface area contributed by atoms with Crippen LogP contribution in [0.15, 0.2) is 30.3 Å². The first-order valence-corrected chi connectivity index (χ1v) is 10.2. The van der Waals surface area contributed by atoms with Gasteiger partial charge in [0.15, 0.2) is 6.10 Å². The second-order valence-electron chi connectivity index (χ2n) is 6.13. The van der Waals surface area contributed by atoms with Crippen LogP contribution in [0.2, 0.25) is 0 Å². The van der Waals surface area contributed by atoms with Crippen LogP contribution in [0, 0.1) is 5.92 Å². The molecule has 0 spiro atoms. The maximum Gasteiger partial charge on any atom is 0.339 e. The van der Waals surface area contributed by atoms with Crippen LogP contribution in [-0.2, 0) is 34.0 Å². The summed E-state index contributed by atoms with van der Waals surface area (Å²) in [5, 5.41) is 2.31. The lowest BCUT2D eigenvalue weighted by molar-refractivity contribution is -0.156. The van der Waals surface area contributed by atoms with Crippen LogP contribution in [0.5, 0.6) is 0 Å². The Hall–Kier alpha value is -2.37. The average Bonchev–Trinajstić information content (AvgIpc) is 2.61. The SMILES string of the molecule is COC(C(=O)OCCC(CC(=O)NCCS(=O)(=O)O)C(C)=O)c1ccccc1.F. The third-order valence-corrected chi connectivity index (χ3v) is 4.67. The van der Waals surface area contributed by atoms with Crippen LogP contribution in [0.1, 0.15) is 31.4 Å². The molecular weight excluding hydrogens is 409 g/mol. The average molecular weight is 435 g/mol. The molecule has 29 heavy (non-hydrogen) atoms. The van der Waals surface area contributed by atoms with Gasteiger partial charge in [0, 0.05) is 26.0 Å². The Kier molecular flexibility index (Phi) is 11.9. The van der Waals surface area contributed by atoms with Crippen LogP contribution in [0.4, 0.5) is 4.70 Å². The van der Waals surface area contributed by atoms with Gasteiger partial charge in [0.1, 0.15) is 5.78 Å². The molecule has 2 unspecified atom stereocenters. The van der Waals surface area contributed by atoms with Crippen molar-refractivity contribution in [1.82, 2.24) is 5.32 Å². The van der Waals surface area contributed by atoms with Gasteiger partial charge in [-0.25, -0.2) is 4.79 Å². The molecule has 2 atom stereocenters. The van der Waals surface area contributed by atoms with Gasteiger partial charge in [-0.1, -0.05) is 30.3 Å². The monoisotopic (exact) mass is 435 g/mol. The number of rotatable bonds is 12. The van der Waals surface area contributed by atoms with Crippen molar-refractivity contribution in [2.75, 3.05) is 26.0 Å². The number of ketones is 1. The first-order valence-electron chi connectivity index (χ1n) is 8.60. The Bertz CT molecular complexity index is 769. The number of amides is 1. The summed E-state index contributed by atoms with van der Waals surface area (Å²) in [5.74, 6) is -2.69. The summed E-state index contributed by atoms with van der Waals surface area (Å²) < 4.78 is 40.2. The molecule has 164 valence electrons. The molecule has 0 saturated heterocycles. The van der Waals surface area contributed by atoms with Crippen molar-refractivity contribution in [1.29, 1.82) is 0 Å². The van der Waals surface area contributed by atoms with Crippen LogP contribution in [0.3, 0.4) is 0 Å². The number of hydrogen-bond acceptors (Lipinski definition) is 7. The topological polar surface area (TPSA) is 136 Å². The lowest BCUT2D eigenvalue weighted by atomic mass is 9.97. The quantitative estimate of drug-likeness (QED) is 0.367. The molecule has 1 amide bonds. The molecule has 2 N–H and O–H groups in total. The molecule has 0 aliphatic rings. The van der Waals surface area contributed by atoms with E-state index in [1.165, 1.54) is 14.0 Å². The van der Waals surface area contributed by atoms with Crippen molar-refractivity contribution >= 4 is 27.8 Å². The van der Waals surface area contributed by atoms with Gasteiger partial charge in [0.2, 0.25) is 5.91 Å². The van der Waals surface area contributed by atoms with E-state index in [0.717, 1.165) is 0 Å². The van der Waals surface area contributed by atoms with Gasteiger partial charge in [-0.05, 0) is 18.9 Å². The Labute approximate surface area is 168 Å². The standard InChI is InChI=1S/C18H25NO8S.FH/c1-13(20)15(12-16(21)19-9-11-28(23,24)25)8-10-27-18(22)17(26-2)14-6-4-3-5-7-14;/h3-7,15,17H,8-12H2,1-2H3,(H,19,21)(H,23,24,25);1H. The Morgan fingerprint density at radius 2 is 1.79 bits per heavy atom. The van der Waals surface area contributed by atoms with Crippen molar-refractivity contribution in [2.24, 2.45) is 5.92 Å². The van der Waals surface area contributed by atoms with E-state index < -0.39 is 39.8 Å². The summed E-state index contributed by atoms with van der Waals surface area (Å²) in [7, 11) is -2.79. The minimum atomic E-state index is -4.17. The largest absolute Gasteiger partial charge is 0.463 e. The van der Waals surface area contributed by atoms with Gasteiger partial charge in [-0.3, -0.25) is 18.8 Å². The van der Waals surface area contributed by atoms with Crippen LogP contribution >= 0.6 is 0 Å². The fourth-order valence-electron chi connectivity index (χ4n) is 2.44. The van der Waals surface area contributed by atoms with Gasteiger partial charge in [0.05, 0.1) is 12.4 Å². The van der Waals surface area contributed by atoms with Crippen LogP contribution in [-0.4, -0.2) is 56.6 Å². The Morgan fingerprint density at radius 1 is 1.17 bits per heavy atom. The minimum Gasteiger partial charge on any atom is -0.463 e. The van der Waals surface area contributed by atoms with Gasteiger partial charge in [-0.15, -0.1) is 0 Å². The highest BCUT2D eigenvalue weighted by Gasteiger charge is 2.23. The van der Waals surface area contributed by atoms with E-state index in [0.29, 0.717) is 5.56 Å². The van der Waals surface area contributed by atoms with E-state index in [1.54, 1.807) is 30.3 Å².